The maximum absolute atomic E-state index is 11.7. The zero-order valence-electron chi connectivity index (χ0n) is 15.4. The molecule has 4 nitrogen and oxygen atoms in total. The highest BCUT2D eigenvalue weighted by Gasteiger charge is 2.24. The van der Waals surface area contributed by atoms with Crippen molar-refractivity contribution in [1.82, 2.24) is 15.1 Å². The van der Waals surface area contributed by atoms with E-state index in [2.05, 4.69) is 22.3 Å². The van der Waals surface area contributed by atoms with Gasteiger partial charge in [-0.3, -0.25) is 4.90 Å². The standard InChI is InChI=1S/C20H30ClN3O/c1-23(2)20(25)22-17-8-6-15(7-9-17)10-12-24-13-11-18-16(14-24)4-3-5-19(18)21/h3-5,15,17H,6-14H2,1-2H3,(H,22,25). The summed E-state index contributed by atoms with van der Waals surface area (Å²) in [5.41, 5.74) is 2.74. The molecule has 0 bridgehead atoms. The second-order valence-corrected chi connectivity index (χ2v) is 8.16. The molecule has 0 aromatic heterocycles. The van der Waals surface area contributed by atoms with Gasteiger partial charge in [0.05, 0.1) is 0 Å². The summed E-state index contributed by atoms with van der Waals surface area (Å²) in [4.78, 5) is 15.9. The molecule has 25 heavy (non-hydrogen) atoms. The van der Waals surface area contributed by atoms with Gasteiger partial charge in [0.1, 0.15) is 0 Å². The van der Waals surface area contributed by atoms with Gasteiger partial charge in [-0.2, -0.15) is 0 Å². The summed E-state index contributed by atoms with van der Waals surface area (Å²) in [7, 11) is 3.59. The van der Waals surface area contributed by atoms with Gasteiger partial charge in [0.2, 0.25) is 0 Å². The Morgan fingerprint density at radius 3 is 2.76 bits per heavy atom. The van der Waals surface area contributed by atoms with Gasteiger partial charge < -0.3 is 10.2 Å². The van der Waals surface area contributed by atoms with Crippen LogP contribution in [-0.4, -0.2) is 49.1 Å². The van der Waals surface area contributed by atoms with Gasteiger partial charge >= 0.3 is 6.03 Å². The molecular formula is C20H30ClN3O. The van der Waals surface area contributed by atoms with E-state index >= 15 is 0 Å². The molecule has 1 N–H and O–H groups in total. The molecule has 0 radical (unpaired) electrons. The number of benzene rings is 1. The average molecular weight is 364 g/mol. The van der Waals surface area contributed by atoms with Crippen LogP contribution in [0.25, 0.3) is 0 Å². The van der Waals surface area contributed by atoms with E-state index in [0.29, 0.717) is 6.04 Å². The van der Waals surface area contributed by atoms with E-state index in [0.717, 1.165) is 43.3 Å². The van der Waals surface area contributed by atoms with Crippen LogP contribution >= 0.6 is 11.6 Å². The molecule has 1 aromatic carbocycles. The molecule has 0 atom stereocenters. The zero-order chi connectivity index (χ0) is 17.8. The van der Waals surface area contributed by atoms with Gasteiger partial charge in [0.15, 0.2) is 0 Å². The van der Waals surface area contributed by atoms with E-state index in [1.807, 2.05) is 6.07 Å². The van der Waals surface area contributed by atoms with Crippen LogP contribution in [0.4, 0.5) is 4.79 Å². The van der Waals surface area contributed by atoms with Crippen molar-refractivity contribution in [2.45, 2.75) is 51.1 Å². The van der Waals surface area contributed by atoms with E-state index in [9.17, 15) is 4.79 Å². The van der Waals surface area contributed by atoms with Gasteiger partial charge in [-0.1, -0.05) is 23.7 Å². The summed E-state index contributed by atoms with van der Waals surface area (Å²) >= 11 is 6.31. The number of hydrogen-bond acceptors (Lipinski definition) is 2. The molecule has 3 rings (SSSR count). The Labute approximate surface area is 156 Å². The van der Waals surface area contributed by atoms with Crippen molar-refractivity contribution in [2.24, 2.45) is 5.92 Å². The number of nitrogens with zero attached hydrogens (tertiary/aromatic N) is 2. The van der Waals surface area contributed by atoms with Gasteiger partial charge in [0.25, 0.3) is 0 Å². The molecule has 138 valence electrons. The van der Waals surface area contributed by atoms with Crippen molar-refractivity contribution in [3.63, 3.8) is 0 Å². The Morgan fingerprint density at radius 1 is 1.28 bits per heavy atom. The topological polar surface area (TPSA) is 35.6 Å². The number of amides is 2. The Hall–Kier alpha value is -1.26. The third-order valence-electron chi connectivity index (χ3n) is 5.72. The van der Waals surface area contributed by atoms with E-state index in [1.165, 1.54) is 36.9 Å². The predicted octanol–water partition coefficient (Wildman–Crippen LogP) is 3.92. The highest BCUT2D eigenvalue weighted by Crippen LogP contribution is 2.29. The molecule has 1 saturated carbocycles. The lowest BCUT2D eigenvalue weighted by Crippen LogP contribution is -2.43. The van der Waals surface area contributed by atoms with E-state index in [1.54, 1.807) is 19.0 Å². The lowest BCUT2D eigenvalue weighted by Gasteiger charge is -2.33. The summed E-state index contributed by atoms with van der Waals surface area (Å²) in [6.45, 7) is 3.32. The Balaban J connectivity index is 1.40. The fourth-order valence-corrected chi connectivity index (χ4v) is 4.37. The molecule has 2 amide bonds. The number of hydrogen-bond donors (Lipinski definition) is 1. The van der Waals surface area contributed by atoms with Crippen molar-refractivity contribution < 1.29 is 4.79 Å². The van der Waals surface area contributed by atoms with E-state index in [4.69, 9.17) is 11.6 Å². The van der Waals surface area contributed by atoms with Crippen LogP contribution in [0.1, 0.15) is 43.2 Å². The highest BCUT2D eigenvalue weighted by molar-refractivity contribution is 6.31. The molecule has 1 heterocycles. The summed E-state index contributed by atoms with van der Waals surface area (Å²) in [6.07, 6.45) is 7.02. The highest BCUT2D eigenvalue weighted by atomic mass is 35.5. The summed E-state index contributed by atoms with van der Waals surface area (Å²) in [6, 6.07) is 6.67. The Bertz CT molecular complexity index is 597. The van der Waals surface area contributed by atoms with Crippen LogP contribution in [0.15, 0.2) is 18.2 Å². The maximum atomic E-state index is 11.7. The minimum absolute atomic E-state index is 0.0362. The number of carbonyl (C=O) groups excluding carboxylic acids is 1. The molecule has 1 aliphatic carbocycles. The molecule has 2 aliphatic rings. The lowest BCUT2D eigenvalue weighted by molar-refractivity contribution is 0.193. The minimum atomic E-state index is 0.0362. The van der Waals surface area contributed by atoms with Crippen molar-refractivity contribution >= 4 is 17.6 Å². The molecule has 0 spiro atoms. The second kappa shape index (κ2) is 8.41. The molecule has 1 aliphatic heterocycles. The first kappa shape index (κ1) is 18.5. The smallest absolute Gasteiger partial charge is 0.317 e. The summed E-state index contributed by atoms with van der Waals surface area (Å²) in [5, 5.41) is 4.05. The van der Waals surface area contributed by atoms with Gasteiger partial charge in [-0.05, 0) is 68.2 Å². The maximum Gasteiger partial charge on any atom is 0.317 e. The second-order valence-electron chi connectivity index (χ2n) is 7.75. The number of urea groups is 1. The first-order valence-corrected chi connectivity index (χ1v) is 9.87. The molecule has 1 fully saturated rings. The number of halogens is 1. The predicted molar refractivity (Wildman–Crippen MR) is 103 cm³/mol. The zero-order valence-corrected chi connectivity index (χ0v) is 16.2. The van der Waals surface area contributed by atoms with Gasteiger partial charge in [-0.25, -0.2) is 4.79 Å². The van der Waals surface area contributed by atoms with Crippen molar-refractivity contribution in [3.8, 4) is 0 Å². The van der Waals surface area contributed by atoms with Crippen molar-refractivity contribution in [1.29, 1.82) is 0 Å². The normalized spacial score (nSPS) is 23.8. The molecule has 0 saturated heterocycles. The van der Waals surface area contributed by atoms with Crippen LogP contribution < -0.4 is 5.32 Å². The number of fused-ring (bicyclic) bond motifs is 1. The summed E-state index contributed by atoms with van der Waals surface area (Å²) in [5.74, 6) is 0.799. The van der Waals surface area contributed by atoms with Crippen molar-refractivity contribution in [2.75, 3.05) is 27.2 Å². The fourth-order valence-electron chi connectivity index (χ4n) is 4.08. The molecule has 5 heteroatoms. The molecular weight excluding hydrogens is 334 g/mol. The SMILES string of the molecule is CN(C)C(=O)NC1CCC(CCN2CCc3c(Cl)cccc3C2)CC1. The first-order chi connectivity index (χ1) is 12.0. The average Bonchev–Trinajstić information content (AvgIpc) is 2.61. The van der Waals surface area contributed by atoms with Crippen LogP contribution in [-0.2, 0) is 13.0 Å². The van der Waals surface area contributed by atoms with Crippen LogP contribution in [0.3, 0.4) is 0 Å². The number of carbonyl (C=O) groups is 1. The quantitative estimate of drug-likeness (QED) is 0.880. The van der Waals surface area contributed by atoms with Crippen LogP contribution in [0, 0.1) is 5.92 Å². The molecule has 0 unspecified atom stereocenters. The Morgan fingerprint density at radius 2 is 2.04 bits per heavy atom. The minimum Gasteiger partial charge on any atom is -0.335 e. The Kier molecular flexibility index (Phi) is 6.24. The number of nitrogens with one attached hydrogen (secondary N) is 1. The first-order valence-electron chi connectivity index (χ1n) is 9.49. The molecule has 1 aromatic rings. The largest absolute Gasteiger partial charge is 0.335 e. The van der Waals surface area contributed by atoms with E-state index < -0.39 is 0 Å². The number of rotatable bonds is 4. The third-order valence-corrected chi connectivity index (χ3v) is 6.08. The lowest BCUT2D eigenvalue weighted by atomic mass is 9.84. The monoisotopic (exact) mass is 363 g/mol. The third kappa shape index (κ3) is 4.89. The van der Waals surface area contributed by atoms with Crippen LogP contribution in [0.2, 0.25) is 5.02 Å². The fraction of sp³-hybridized carbons (Fsp3) is 0.650. The van der Waals surface area contributed by atoms with Crippen LogP contribution in [0.5, 0.6) is 0 Å². The van der Waals surface area contributed by atoms with Gasteiger partial charge in [0, 0.05) is 38.2 Å². The van der Waals surface area contributed by atoms with E-state index in [-0.39, 0.29) is 6.03 Å². The van der Waals surface area contributed by atoms with Crippen molar-refractivity contribution in [3.05, 3.63) is 34.3 Å². The summed E-state index contributed by atoms with van der Waals surface area (Å²) < 4.78 is 0. The van der Waals surface area contributed by atoms with Gasteiger partial charge in [-0.15, -0.1) is 0 Å².